The molecule has 8 nitrogen and oxygen atoms in total. The number of likely N-dealkylation sites (tertiary alicyclic amines) is 1. The molecular formula is C26H41N4O4S+. The minimum atomic E-state index is -3.26. The molecule has 4 atom stereocenters. The van der Waals surface area contributed by atoms with Gasteiger partial charge in [-0.2, -0.15) is 0 Å². The summed E-state index contributed by atoms with van der Waals surface area (Å²) < 4.78 is 24.8. The van der Waals surface area contributed by atoms with E-state index in [4.69, 9.17) is 0 Å². The number of carbonyl (C=O) groups is 2. The van der Waals surface area contributed by atoms with Crippen molar-refractivity contribution in [1.29, 1.82) is 0 Å². The number of nitrogens with one attached hydrogen (secondary N) is 2. The van der Waals surface area contributed by atoms with Crippen LogP contribution >= 0.6 is 0 Å². The molecule has 1 aliphatic carbocycles. The van der Waals surface area contributed by atoms with E-state index in [1.807, 2.05) is 12.1 Å². The lowest BCUT2D eigenvalue weighted by atomic mass is 9.85. The number of quaternary nitrogens is 1. The Balaban J connectivity index is 1.40. The van der Waals surface area contributed by atoms with Crippen LogP contribution in [0, 0.1) is 11.3 Å². The molecule has 2 aliphatic heterocycles. The van der Waals surface area contributed by atoms with Gasteiger partial charge >= 0.3 is 0 Å². The summed E-state index contributed by atoms with van der Waals surface area (Å²) in [5.74, 6) is 0.522. The number of hydrogen-bond donors (Lipinski definition) is 3. The van der Waals surface area contributed by atoms with Gasteiger partial charge in [0.2, 0.25) is 11.8 Å². The molecule has 0 bridgehead atoms. The maximum Gasteiger partial charge on any atom is 0.242 e. The van der Waals surface area contributed by atoms with E-state index in [-0.39, 0.29) is 34.9 Å². The zero-order valence-electron chi connectivity index (χ0n) is 21.3. The quantitative estimate of drug-likeness (QED) is 0.488. The van der Waals surface area contributed by atoms with Crippen LogP contribution in [0.1, 0.15) is 64.4 Å². The molecule has 2 fully saturated rings. The average molecular weight is 506 g/mol. The van der Waals surface area contributed by atoms with Crippen molar-refractivity contribution in [3.63, 3.8) is 0 Å². The highest BCUT2D eigenvalue weighted by molar-refractivity contribution is 7.91. The standard InChI is InChI=1S/C26H40N4O4S/c1-26(2,3)23(28-16-20(27)17-10-11-17)25(32)30-13-6-8-21(30)24(31)29-15-18-12-14-35(33,34)22-9-5-4-7-19(18)22/h4-5,7,9,17-18,20-21,23,28H,6,8,10-16,27H2,1-3H3,(H,29,31)/p+1/t18?,20?,21-,23+/m0/s1. The number of sulfone groups is 1. The van der Waals surface area contributed by atoms with Crippen LogP contribution in [0.25, 0.3) is 0 Å². The van der Waals surface area contributed by atoms with Gasteiger partial charge in [0, 0.05) is 31.5 Å². The van der Waals surface area contributed by atoms with E-state index in [0.717, 1.165) is 12.0 Å². The van der Waals surface area contributed by atoms with E-state index in [9.17, 15) is 18.0 Å². The third kappa shape index (κ3) is 5.89. The van der Waals surface area contributed by atoms with Gasteiger partial charge in [0.05, 0.1) is 22.7 Å². The Morgan fingerprint density at radius 3 is 2.54 bits per heavy atom. The van der Waals surface area contributed by atoms with Crippen molar-refractivity contribution in [3.05, 3.63) is 29.8 Å². The van der Waals surface area contributed by atoms with E-state index in [2.05, 4.69) is 37.1 Å². The van der Waals surface area contributed by atoms with Gasteiger partial charge in [-0.25, -0.2) is 8.42 Å². The third-order valence-corrected chi connectivity index (χ3v) is 9.59. The van der Waals surface area contributed by atoms with E-state index in [1.165, 1.54) is 12.8 Å². The van der Waals surface area contributed by atoms with Gasteiger partial charge in [-0.3, -0.25) is 14.9 Å². The van der Waals surface area contributed by atoms with Crippen LogP contribution in [0.3, 0.4) is 0 Å². The molecule has 0 radical (unpaired) electrons. The summed E-state index contributed by atoms with van der Waals surface area (Å²) in [4.78, 5) is 29.0. The van der Waals surface area contributed by atoms with Gasteiger partial charge in [-0.05, 0) is 49.1 Å². The summed E-state index contributed by atoms with van der Waals surface area (Å²) in [5, 5.41) is 6.52. The van der Waals surface area contributed by atoms with E-state index >= 15 is 0 Å². The Labute approximate surface area is 209 Å². The topological polar surface area (TPSA) is 123 Å². The first-order valence-electron chi connectivity index (χ1n) is 13.0. The Bertz CT molecular complexity index is 1050. The number of carbonyl (C=O) groups excluding carboxylic acids is 2. The molecule has 1 saturated carbocycles. The van der Waals surface area contributed by atoms with Gasteiger partial charge in [0.15, 0.2) is 9.84 Å². The maximum atomic E-state index is 13.6. The SMILES string of the molecule is CC(C)(C)[C@H](NCC([NH3+])C1CC1)C(=O)N1CCC[C@H]1C(=O)NCC1CCS(=O)(=O)c2ccccc21. The van der Waals surface area contributed by atoms with Crippen LogP contribution < -0.4 is 16.4 Å². The number of hydrogen-bond acceptors (Lipinski definition) is 5. The van der Waals surface area contributed by atoms with Crippen LogP contribution in [-0.2, 0) is 19.4 Å². The highest BCUT2D eigenvalue weighted by atomic mass is 32.2. The van der Waals surface area contributed by atoms with Crippen LogP contribution in [0.5, 0.6) is 0 Å². The first kappa shape index (κ1) is 26.1. The van der Waals surface area contributed by atoms with Gasteiger partial charge in [0.1, 0.15) is 6.04 Å². The Morgan fingerprint density at radius 2 is 1.86 bits per heavy atom. The van der Waals surface area contributed by atoms with E-state index in [1.54, 1.807) is 17.0 Å². The summed E-state index contributed by atoms with van der Waals surface area (Å²) >= 11 is 0. The van der Waals surface area contributed by atoms with Crippen LogP contribution in [0.15, 0.2) is 29.2 Å². The van der Waals surface area contributed by atoms with E-state index in [0.29, 0.717) is 49.3 Å². The molecule has 0 aromatic heterocycles. The normalized spacial score (nSPS) is 25.5. The van der Waals surface area contributed by atoms with Crippen molar-refractivity contribution in [3.8, 4) is 0 Å². The van der Waals surface area contributed by atoms with Crippen molar-refractivity contribution >= 4 is 21.7 Å². The maximum absolute atomic E-state index is 13.6. The summed E-state index contributed by atoms with van der Waals surface area (Å²) in [7, 11) is -3.26. The predicted molar refractivity (Wildman–Crippen MR) is 134 cm³/mol. The number of amides is 2. The fraction of sp³-hybridized carbons (Fsp3) is 0.692. The fourth-order valence-corrected chi connectivity index (χ4v) is 7.15. The molecule has 35 heavy (non-hydrogen) atoms. The second-order valence-electron chi connectivity index (χ2n) is 11.6. The van der Waals surface area contributed by atoms with Gasteiger partial charge in [0.25, 0.3) is 0 Å². The van der Waals surface area contributed by atoms with Crippen LogP contribution in [-0.4, -0.2) is 68.6 Å². The number of nitrogens with zero attached hydrogens (tertiary/aromatic N) is 1. The molecule has 0 spiro atoms. The summed E-state index contributed by atoms with van der Waals surface area (Å²) in [6.07, 6.45) is 4.36. The molecule has 5 N–H and O–H groups in total. The molecule has 2 amide bonds. The van der Waals surface area contributed by atoms with Crippen molar-refractivity contribution < 1.29 is 23.7 Å². The second kappa shape index (κ2) is 10.2. The lowest BCUT2D eigenvalue weighted by Gasteiger charge is -2.36. The Kier molecular flexibility index (Phi) is 7.60. The Morgan fingerprint density at radius 1 is 1.14 bits per heavy atom. The fourth-order valence-electron chi connectivity index (χ4n) is 5.45. The lowest BCUT2D eigenvalue weighted by Crippen LogP contribution is -2.68. The van der Waals surface area contributed by atoms with Crippen molar-refractivity contribution in [1.82, 2.24) is 15.5 Å². The monoisotopic (exact) mass is 505 g/mol. The van der Waals surface area contributed by atoms with Crippen LogP contribution in [0.2, 0.25) is 0 Å². The van der Waals surface area contributed by atoms with Gasteiger partial charge in [-0.1, -0.05) is 39.0 Å². The molecule has 2 unspecified atom stereocenters. The molecule has 3 aliphatic rings. The first-order chi connectivity index (χ1) is 16.5. The lowest BCUT2D eigenvalue weighted by molar-refractivity contribution is -0.423. The molecule has 1 aromatic rings. The third-order valence-electron chi connectivity index (χ3n) is 7.78. The Hall–Kier alpha value is -1.97. The second-order valence-corrected chi connectivity index (χ2v) is 13.7. The van der Waals surface area contributed by atoms with Crippen molar-refractivity contribution in [2.24, 2.45) is 11.3 Å². The molecule has 194 valence electrons. The van der Waals surface area contributed by atoms with Crippen molar-refractivity contribution in [2.75, 3.05) is 25.4 Å². The number of rotatable bonds is 8. The van der Waals surface area contributed by atoms with Crippen molar-refractivity contribution in [2.45, 2.75) is 81.8 Å². The molecular weight excluding hydrogens is 464 g/mol. The highest BCUT2D eigenvalue weighted by Crippen LogP contribution is 2.34. The number of fused-ring (bicyclic) bond motifs is 1. The van der Waals surface area contributed by atoms with Gasteiger partial charge < -0.3 is 16.0 Å². The first-order valence-corrected chi connectivity index (χ1v) is 14.6. The molecule has 1 saturated heterocycles. The minimum absolute atomic E-state index is 0.0211. The van der Waals surface area contributed by atoms with Crippen LogP contribution in [0.4, 0.5) is 0 Å². The smallest absolute Gasteiger partial charge is 0.242 e. The summed E-state index contributed by atoms with van der Waals surface area (Å²) in [6.45, 7) is 7.81. The molecule has 2 heterocycles. The molecule has 4 rings (SSSR count). The number of benzene rings is 1. The predicted octanol–water partition coefficient (Wildman–Crippen LogP) is 1.08. The zero-order chi connectivity index (χ0) is 25.4. The highest BCUT2D eigenvalue weighted by Gasteiger charge is 2.42. The minimum Gasteiger partial charge on any atom is -0.354 e. The molecule has 1 aromatic carbocycles. The summed E-state index contributed by atoms with van der Waals surface area (Å²) in [5.41, 5.74) is 4.74. The van der Waals surface area contributed by atoms with Gasteiger partial charge in [-0.15, -0.1) is 0 Å². The largest absolute Gasteiger partial charge is 0.354 e. The summed E-state index contributed by atoms with van der Waals surface area (Å²) in [6, 6.07) is 6.49. The molecule has 9 heteroatoms. The zero-order valence-corrected chi connectivity index (χ0v) is 22.1. The average Bonchev–Trinajstić information content (AvgIpc) is 3.54. The van der Waals surface area contributed by atoms with E-state index < -0.39 is 15.9 Å².